The van der Waals surface area contributed by atoms with Gasteiger partial charge in [-0.1, -0.05) is 26.7 Å². The van der Waals surface area contributed by atoms with Gasteiger partial charge in [-0.2, -0.15) is 0 Å². The van der Waals surface area contributed by atoms with Crippen LogP contribution in [0.2, 0.25) is 0 Å². The van der Waals surface area contributed by atoms with Gasteiger partial charge in [-0.25, -0.2) is 0 Å². The van der Waals surface area contributed by atoms with E-state index in [0.717, 1.165) is 12.8 Å². The molecule has 0 heterocycles. The van der Waals surface area contributed by atoms with Crippen LogP contribution in [0.1, 0.15) is 66.7 Å². The maximum absolute atomic E-state index is 12.4. The number of carbonyl (C=O) groups excluding carboxylic acids is 1. The lowest BCUT2D eigenvalue weighted by atomic mass is 9.78. The Hall–Kier alpha value is -1.18. The summed E-state index contributed by atoms with van der Waals surface area (Å²) in [6.07, 6.45) is 3.26. The van der Waals surface area contributed by atoms with E-state index in [9.17, 15) is 14.7 Å². The van der Waals surface area contributed by atoms with Gasteiger partial charge in [0, 0.05) is 7.11 Å². The molecule has 0 aromatic rings. The van der Waals surface area contributed by atoms with Gasteiger partial charge >= 0.3 is 11.9 Å². The van der Waals surface area contributed by atoms with Crippen molar-refractivity contribution in [2.75, 3.05) is 26.9 Å². The molecule has 1 atom stereocenters. The van der Waals surface area contributed by atoms with Crippen molar-refractivity contribution in [2.24, 2.45) is 17.1 Å². The molecule has 0 aliphatic heterocycles. The van der Waals surface area contributed by atoms with Gasteiger partial charge in [0.05, 0.1) is 31.2 Å². The number of hydrogen-bond acceptors (Lipinski definition) is 6. The molecule has 0 spiro atoms. The van der Waals surface area contributed by atoms with Crippen molar-refractivity contribution in [3.05, 3.63) is 0 Å². The number of carboxylic acid groups (broad SMARTS) is 1. The summed E-state index contributed by atoms with van der Waals surface area (Å²) < 4.78 is 15.9. The number of ether oxygens (including phenoxy) is 3. The van der Waals surface area contributed by atoms with Gasteiger partial charge in [-0.3, -0.25) is 9.59 Å². The van der Waals surface area contributed by atoms with Crippen molar-refractivity contribution in [2.45, 2.75) is 78.4 Å². The number of carbonyl (C=O) groups is 2. The lowest BCUT2D eigenvalue weighted by molar-refractivity contribution is -0.165. The minimum absolute atomic E-state index is 0.160. The normalized spacial score (nSPS) is 17.2. The van der Waals surface area contributed by atoms with E-state index >= 15 is 0 Å². The molecule has 1 aliphatic rings. The summed E-state index contributed by atoms with van der Waals surface area (Å²) in [6.45, 7) is 10.3. The third-order valence-corrected chi connectivity index (χ3v) is 4.14. The molecule has 1 rings (SSSR count). The van der Waals surface area contributed by atoms with Gasteiger partial charge in [0.2, 0.25) is 0 Å². The predicted octanol–water partition coefficient (Wildman–Crippen LogP) is 3.00. The monoisotopic (exact) mass is 389 g/mol. The van der Waals surface area contributed by atoms with Crippen molar-refractivity contribution in [1.82, 2.24) is 0 Å². The summed E-state index contributed by atoms with van der Waals surface area (Å²) in [7, 11) is 1.58. The minimum Gasteiger partial charge on any atom is -0.481 e. The fraction of sp³-hybridized carbons (Fsp3) is 0.900. The van der Waals surface area contributed by atoms with E-state index in [-0.39, 0.29) is 19.0 Å². The van der Waals surface area contributed by atoms with Crippen molar-refractivity contribution in [1.29, 1.82) is 0 Å². The number of nitrogens with two attached hydrogens (primary N) is 1. The van der Waals surface area contributed by atoms with Crippen LogP contribution in [-0.2, 0) is 23.8 Å². The van der Waals surface area contributed by atoms with Crippen LogP contribution < -0.4 is 5.73 Å². The number of carboxylic acids is 1. The second-order valence-corrected chi connectivity index (χ2v) is 8.54. The van der Waals surface area contributed by atoms with Crippen LogP contribution in [0, 0.1) is 11.3 Å². The summed E-state index contributed by atoms with van der Waals surface area (Å²) in [5.74, 6) is -1.77. The topological polar surface area (TPSA) is 108 Å². The quantitative estimate of drug-likeness (QED) is 0.461. The summed E-state index contributed by atoms with van der Waals surface area (Å²) >= 11 is 0. The van der Waals surface area contributed by atoms with E-state index in [2.05, 4.69) is 0 Å². The molecule has 1 fully saturated rings. The molecular weight excluding hydrogens is 350 g/mol. The zero-order valence-corrected chi connectivity index (χ0v) is 17.9. The van der Waals surface area contributed by atoms with Gasteiger partial charge in [0.1, 0.15) is 5.60 Å². The highest BCUT2D eigenvalue weighted by Crippen LogP contribution is 2.43. The predicted molar refractivity (Wildman–Crippen MR) is 105 cm³/mol. The van der Waals surface area contributed by atoms with Crippen molar-refractivity contribution in [3.8, 4) is 0 Å². The summed E-state index contributed by atoms with van der Waals surface area (Å²) in [5.41, 5.74) is 3.68. The molecule has 1 saturated carbocycles. The summed E-state index contributed by atoms with van der Waals surface area (Å²) in [5, 5.41) is 9.62. The zero-order valence-electron chi connectivity index (χ0n) is 17.9. The molecule has 0 radical (unpaired) electrons. The number of hydrogen-bond donors (Lipinski definition) is 2. The standard InChI is InChI=1S/C17H30O6.C3H9N/c1-16(2,3)23-14(18)13(12-22-10-9-21-4)11-17(15(19)20)7-5-6-8-17;1-3(2)4/h13H,5-12H2,1-4H3,(H,19,20);3H,4H2,1-2H3. The lowest BCUT2D eigenvalue weighted by Crippen LogP contribution is -2.37. The Balaban J connectivity index is 0.00000153. The first kappa shape index (κ1) is 25.8. The SMILES string of the molecule is CC(C)N.COCCOCC(CC1(C(=O)O)CCCC1)C(=O)OC(C)(C)C. The van der Waals surface area contributed by atoms with Gasteiger partial charge in [-0.15, -0.1) is 0 Å². The number of methoxy groups -OCH3 is 1. The smallest absolute Gasteiger partial charge is 0.311 e. The average molecular weight is 390 g/mol. The van der Waals surface area contributed by atoms with Crippen LogP contribution in [0.3, 0.4) is 0 Å². The molecule has 160 valence electrons. The number of rotatable bonds is 9. The molecule has 7 heteroatoms. The second-order valence-electron chi connectivity index (χ2n) is 8.54. The van der Waals surface area contributed by atoms with Gasteiger partial charge in [-0.05, 0) is 46.1 Å². The molecule has 7 nitrogen and oxygen atoms in total. The molecular formula is C20H39NO6. The van der Waals surface area contributed by atoms with Crippen molar-refractivity contribution < 1.29 is 28.9 Å². The zero-order chi connectivity index (χ0) is 21.1. The summed E-state index contributed by atoms with van der Waals surface area (Å²) in [4.78, 5) is 24.2. The first-order valence-corrected chi connectivity index (χ1v) is 9.72. The average Bonchev–Trinajstić information content (AvgIpc) is 2.98. The third kappa shape index (κ3) is 11.3. The lowest BCUT2D eigenvalue weighted by Gasteiger charge is -2.30. The Labute approximate surface area is 163 Å². The van der Waals surface area contributed by atoms with E-state index in [1.807, 2.05) is 13.8 Å². The molecule has 1 aliphatic carbocycles. The maximum atomic E-state index is 12.4. The maximum Gasteiger partial charge on any atom is 0.311 e. The Morgan fingerprint density at radius 3 is 2.07 bits per heavy atom. The molecule has 0 aromatic carbocycles. The van der Waals surface area contributed by atoms with Crippen LogP contribution in [-0.4, -0.2) is 55.6 Å². The van der Waals surface area contributed by atoms with Gasteiger partial charge in [0.15, 0.2) is 0 Å². The highest BCUT2D eigenvalue weighted by Gasteiger charge is 2.45. The van der Waals surface area contributed by atoms with E-state index in [0.29, 0.717) is 32.1 Å². The fourth-order valence-electron chi connectivity index (χ4n) is 2.99. The molecule has 1 unspecified atom stereocenters. The van der Waals surface area contributed by atoms with Crippen molar-refractivity contribution >= 4 is 11.9 Å². The minimum atomic E-state index is -0.827. The fourth-order valence-corrected chi connectivity index (χ4v) is 2.99. The van der Waals surface area contributed by atoms with E-state index in [4.69, 9.17) is 19.9 Å². The highest BCUT2D eigenvalue weighted by atomic mass is 16.6. The van der Waals surface area contributed by atoms with Crippen LogP contribution in [0.5, 0.6) is 0 Å². The van der Waals surface area contributed by atoms with E-state index < -0.39 is 22.9 Å². The van der Waals surface area contributed by atoms with Gasteiger partial charge < -0.3 is 25.1 Å². The molecule has 0 bridgehead atoms. The molecule has 0 saturated heterocycles. The highest BCUT2D eigenvalue weighted by molar-refractivity contribution is 5.78. The second kappa shape index (κ2) is 12.3. The van der Waals surface area contributed by atoms with Crippen molar-refractivity contribution in [3.63, 3.8) is 0 Å². The van der Waals surface area contributed by atoms with Gasteiger partial charge in [0.25, 0.3) is 0 Å². The molecule has 3 N–H and O–H groups in total. The number of esters is 1. The third-order valence-electron chi connectivity index (χ3n) is 4.14. The van der Waals surface area contributed by atoms with Crippen LogP contribution in [0.4, 0.5) is 0 Å². The largest absolute Gasteiger partial charge is 0.481 e. The van der Waals surface area contributed by atoms with Crippen LogP contribution in [0.25, 0.3) is 0 Å². The van der Waals surface area contributed by atoms with Crippen LogP contribution >= 0.6 is 0 Å². The Morgan fingerprint density at radius 2 is 1.67 bits per heavy atom. The summed E-state index contributed by atoms with van der Waals surface area (Å²) in [6, 6.07) is 0.333. The Morgan fingerprint density at radius 1 is 1.15 bits per heavy atom. The first-order valence-electron chi connectivity index (χ1n) is 9.72. The number of aliphatic carboxylic acids is 1. The molecule has 27 heavy (non-hydrogen) atoms. The Bertz CT molecular complexity index is 435. The van der Waals surface area contributed by atoms with E-state index in [1.165, 1.54) is 0 Å². The van der Waals surface area contributed by atoms with E-state index in [1.54, 1.807) is 27.9 Å². The molecule has 0 amide bonds. The first-order chi connectivity index (χ1) is 12.4. The van der Waals surface area contributed by atoms with Crippen LogP contribution in [0.15, 0.2) is 0 Å². The Kier molecular flexibility index (Phi) is 11.8. The molecule has 0 aromatic heterocycles.